The zero-order valence-corrected chi connectivity index (χ0v) is 11.6. The monoisotopic (exact) mass is 228 g/mol. The van der Waals surface area contributed by atoms with Crippen molar-refractivity contribution < 1.29 is 0 Å². The second-order valence-electron chi connectivity index (χ2n) is 4.94. The average molecular weight is 228 g/mol. The van der Waals surface area contributed by atoms with Crippen LogP contribution in [-0.4, -0.2) is 0 Å². The Kier molecular flexibility index (Phi) is 5.29. The van der Waals surface area contributed by atoms with Crippen molar-refractivity contribution in [3.05, 3.63) is 34.4 Å². The first-order valence-corrected chi connectivity index (χ1v) is 6.64. The van der Waals surface area contributed by atoms with Gasteiger partial charge < -0.3 is 0 Å². The lowest BCUT2D eigenvalue weighted by Gasteiger charge is -2.17. The Morgan fingerprint density at radius 1 is 1.12 bits per heavy atom. The minimum absolute atomic E-state index is 0.292. The minimum Gasteiger partial charge on any atom is -0.119 e. The summed E-state index contributed by atoms with van der Waals surface area (Å²) < 4.78 is 0. The van der Waals surface area contributed by atoms with Crippen LogP contribution < -0.4 is 0 Å². The molecule has 0 aliphatic carbocycles. The normalized spacial score (nSPS) is 12.2. The molecular weight excluding hydrogens is 204 g/mol. The van der Waals surface area contributed by atoms with E-state index in [0.717, 1.165) is 6.42 Å². The van der Waals surface area contributed by atoms with Gasteiger partial charge in [-0.2, -0.15) is 0 Å². The Hall–Kier alpha value is -1.22. The Labute approximate surface area is 106 Å². The maximum atomic E-state index is 5.69. The fourth-order valence-electron chi connectivity index (χ4n) is 2.28. The lowest BCUT2D eigenvalue weighted by molar-refractivity contribution is 0.635. The predicted octanol–water partition coefficient (Wildman–Crippen LogP) is 4.91. The summed E-state index contributed by atoms with van der Waals surface area (Å²) in [6.45, 7) is 8.77. The van der Waals surface area contributed by atoms with Crippen LogP contribution in [0.25, 0.3) is 0 Å². The standard InChI is InChI=1S/C17H24/c1-6-8-9-10-16(7-2)17-12-11-13(3)14(4)15(17)5/h2,11-12,16H,6,8-10H2,1,3-5H3. The maximum Gasteiger partial charge on any atom is 0.0452 e. The van der Waals surface area contributed by atoms with E-state index < -0.39 is 0 Å². The summed E-state index contributed by atoms with van der Waals surface area (Å²) in [5, 5.41) is 0. The molecule has 0 saturated heterocycles. The third-order valence-electron chi connectivity index (χ3n) is 3.77. The highest BCUT2D eigenvalue weighted by Gasteiger charge is 2.12. The van der Waals surface area contributed by atoms with E-state index >= 15 is 0 Å². The van der Waals surface area contributed by atoms with Crippen molar-refractivity contribution in [3.8, 4) is 12.3 Å². The largest absolute Gasteiger partial charge is 0.119 e. The molecule has 0 heterocycles. The van der Waals surface area contributed by atoms with Crippen molar-refractivity contribution in [1.29, 1.82) is 0 Å². The predicted molar refractivity (Wildman–Crippen MR) is 76.4 cm³/mol. The van der Waals surface area contributed by atoms with E-state index in [0.29, 0.717) is 5.92 Å². The molecule has 0 nitrogen and oxygen atoms in total. The Morgan fingerprint density at radius 2 is 1.82 bits per heavy atom. The van der Waals surface area contributed by atoms with Gasteiger partial charge in [0, 0.05) is 5.92 Å². The molecule has 0 amide bonds. The van der Waals surface area contributed by atoms with Crippen molar-refractivity contribution in [2.24, 2.45) is 0 Å². The second kappa shape index (κ2) is 6.50. The molecule has 17 heavy (non-hydrogen) atoms. The molecule has 0 spiro atoms. The number of terminal acetylenes is 1. The summed E-state index contributed by atoms with van der Waals surface area (Å²) in [7, 11) is 0. The molecule has 0 N–H and O–H groups in total. The van der Waals surface area contributed by atoms with Crippen LogP contribution in [0.2, 0.25) is 0 Å². The van der Waals surface area contributed by atoms with Crippen molar-refractivity contribution in [2.75, 3.05) is 0 Å². The van der Waals surface area contributed by atoms with Crippen LogP contribution >= 0.6 is 0 Å². The van der Waals surface area contributed by atoms with Gasteiger partial charge in [-0.25, -0.2) is 0 Å². The molecule has 0 saturated carbocycles. The highest BCUT2D eigenvalue weighted by atomic mass is 14.2. The van der Waals surface area contributed by atoms with Gasteiger partial charge >= 0.3 is 0 Å². The van der Waals surface area contributed by atoms with Crippen LogP contribution in [0.5, 0.6) is 0 Å². The van der Waals surface area contributed by atoms with Gasteiger partial charge in [0.1, 0.15) is 0 Å². The topological polar surface area (TPSA) is 0 Å². The molecule has 0 aliphatic heterocycles. The average Bonchev–Trinajstić information content (AvgIpc) is 2.33. The first kappa shape index (κ1) is 13.8. The van der Waals surface area contributed by atoms with E-state index in [1.165, 1.54) is 41.5 Å². The smallest absolute Gasteiger partial charge is 0.0452 e. The van der Waals surface area contributed by atoms with Crippen LogP contribution in [-0.2, 0) is 0 Å². The van der Waals surface area contributed by atoms with E-state index in [-0.39, 0.29) is 0 Å². The minimum atomic E-state index is 0.292. The van der Waals surface area contributed by atoms with Crippen LogP contribution in [0.1, 0.15) is 60.8 Å². The number of hydrogen-bond donors (Lipinski definition) is 0. The van der Waals surface area contributed by atoms with E-state index in [1.807, 2.05) is 0 Å². The molecule has 0 fully saturated rings. The van der Waals surface area contributed by atoms with Crippen LogP contribution in [0.4, 0.5) is 0 Å². The maximum absolute atomic E-state index is 5.69. The number of rotatable bonds is 5. The van der Waals surface area contributed by atoms with Gasteiger partial charge in [-0.3, -0.25) is 0 Å². The van der Waals surface area contributed by atoms with E-state index in [1.54, 1.807) is 0 Å². The summed E-state index contributed by atoms with van der Waals surface area (Å²) in [6.07, 6.45) is 10.6. The first-order chi connectivity index (χ1) is 8.11. The van der Waals surface area contributed by atoms with Gasteiger partial charge in [0.2, 0.25) is 0 Å². The summed E-state index contributed by atoms with van der Waals surface area (Å²) in [5.41, 5.74) is 5.48. The number of benzene rings is 1. The summed E-state index contributed by atoms with van der Waals surface area (Å²) in [6, 6.07) is 4.41. The fourth-order valence-corrected chi connectivity index (χ4v) is 2.28. The molecule has 0 aromatic heterocycles. The van der Waals surface area contributed by atoms with Crippen molar-refractivity contribution >= 4 is 0 Å². The molecule has 1 aromatic carbocycles. The third-order valence-corrected chi connectivity index (χ3v) is 3.77. The molecule has 0 bridgehead atoms. The number of hydrogen-bond acceptors (Lipinski definition) is 0. The molecule has 0 radical (unpaired) electrons. The molecule has 92 valence electrons. The van der Waals surface area contributed by atoms with Crippen molar-refractivity contribution in [2.45, 2.75) is 59.3 Å². The van der Waals surface area contributed by atoms with Crippen LogP contribution in [0.15, 0.2) is 12.1 Å². The van der Waals surface area contributed by atoms with Gasteiger partial charge in [-0.1, -0.05) is 44.2 Å². The van der Waals surface area contributed by atoms with Crippen molar-refractivity contribution in [3.63, 3.8) is 0 Å². The quantitative estimate of drug-likeness (QED) is 0.496. The summed E-state index contributed by atoms with van der Waals surface area (Å²) >= 11 is 0. The summed E-state index contributed by atoms with van der Waals surface area (Å²) in [5.74, 6) is 3.26. The van der Waals surface area contributed by atoms with Gasteiger partial charge in [-0.05, 0) is 49.4 Å². The molecule has 0 heteroatoms. The zero-order chi connectivity index (χ0) is 12.8. The number of aryl methyl sites for hydroxylation is 1. The summed E-state index contributed by atoms with van der Waals surface area (Å²) in [4.78, 5) is 0. The fraction of sp³-hybridized carbons (Fsp3) is 0.529. The van der Waals surface area contributed by atoms with E-state index in [2.05, 4.69) is 45.7 Å². The number of unbranched alkanes of at least 4 members (excludes halogenated alkanes) is 2. The lowest BCUT2D eigenvalue weighted by atomic mass is 9.87. The van der Waals surface area contributed by atoms with Crippen LogP contribution in [0, 0.1) is 33.1 Å². The molecular formula is C17H24. The highest BCUT2D eigenvalue weighted by molar-refractivity contribution is 5.42. The van der Waals surface area contributed by atoms with Gasteiger partial charge in [0.05, 0.1) is 0 Å². The molecule has 0 aliphatic rings. The van der Waals surface area contributed by atoms with Crippen molar-refractivity contribution in [1.82, 2.24) is 0 Å². The Morgan fingerprint density at radius 3 is 2.41 bits per heavy atom. The lowest BCUT2D eigenvalue weighted by Crippen LogP contribution is -2.01. The molecule has 1 unspecified atom stereocenters. The molecule has 1 rings (SSSR count). The molecule has 1 aromatic rings. The van der Waals surface area contributed by atoms with Gasteiger partial charge in [-0.15, -0.1) is 6.42 Å². The van der Waals surface area contributed by atoms with Gasteiger partial charge in [0.25, 0.3) is 0 Å². The van der Waals surface area contributed by atoms with Gasteiger partial charge in [0.15, 0.2) is 0 Å². The Balaban J connectivity index is 2.90. The SMILES string of the molecule is C#CC(CCCCC)c1ccc(C)c(C)c1C. The Bertz CT molecular complexity index is 407. The second-order valence-corrected chi connectivity index (χ2v) is 4.94. The molecule has 1 atom stereocenters. The zero-order valence-electron chi connectivity index (χ0n) is 11.6. The highest BCUT2D eigenvalue weighted by Crippen LogP contribution is 2.27. The third kappa shape index (κ3) is 3.37. The van der Waals surface area contributed by atoms with E-state index in [9.17, 15) is 0 Å². The first-order valence-electron chi connectivity index (χ1n) is 6.64. The van der Waals surface area contributed by atoms with Crippen LogP contribution in [0.3, 0.4) is 0 Å². The van der Waals surface area contributed by atoms with E-state index in [4.69, 9.17) is 6.42 Å².